The van der Waals surface area contributed by atoms with Crippen LogP contribution in [0.2, 0.25) is 5.02 Å². The number of halogens is 3. The van der Waals surface area contributed by atoms with Crippen LogP contribution in [0.15, 0.2) is 42.7 Å². The van der Waals surface area contributed by atoms with Gasteiger partial charge in [-0.1, -0.05) is 17.7 Å². The van der Waals surface area contributed by atoms with Crippen molar-refractivity contribution in [2.45, 2.75) is 25.4 Å². The van der Waals surface area contributed by atoms with Gasteiger partial charge in [0.1, 0.15) is 29.1 Å². The Hall–Kier alpha value is -3.50. The Labute approximate surface area is 224 Å². The number of carbonyl (C=O) groups excluding carboxylic acids is 1. The number of hydrogen-bond acceptors (Lipinski definition) is 7. The number of fused-ring (bicyclic) bond motifs is 1. The summed E-state index contributed by atoms with van der Waals surface area (Å²) < 4.78 is 39.9. The highest BCUT2D eigenvalue weighted by Gasteiger charge is 2.28. The number of aromatic nitrogens is 2. The standard InChI is InChI=1S/C27H28ClF2N5O3/c1-37-22-14-21-18(27(32-16-31-21)33-20-7-6-19(29)25(28)26(20)30)13-23(22)38-17-8-12-35(15-17)24(36)5-4-11-34-9-2-3-10-34/h4-7,13-14,16-17H,2-3,8-12,15H2,1H3,(H,31,32,33)/b5-4+/t17-/m0/s1. The maximum Gasteiger partial charge on any atom is 0.246 e. The summed E-state index contributed by atoms with van der Waals surface area (Å²) in [6.07, 6.45) is 7.77. The molecule has 0 unspecified atom stereocenters. The molecular weight excluding hydrogens is 516 g/mol. The highest BCUT2D eigenvalue weighted by Crippen LogP contribution is 2.37. The molecule has 2 aromatic carbocycles. The second-order valence-corrected chi connectivity index (χ2v) is 9.69. The monoisotopic (exact) mass is 543 g/mol. The van der Waals surface area contributed by atoms with Gasteiger partial charge in [-0.05, 0) is 44.1 Å². The van der Waals surface area contributed by atoms with Crippen molar-refractivity contribution in [2.75, 3.05) is 45.2 Å². The summed E-state index contributed by atoms with van der Waals surface area (Å²) in [6.45, 7) is 4.00. The highest BCUT2D eigenvalue weighted by molar-refractivity contribution is 6.31. The molecule has 1 atom stereocenters. The van der Waals surface area contributed by atoms with Crippen LogP contribution in [0.4, 0.5) is 20.3 Å². The first-order valence-electron chi connectivity index (χ1n) is 12.5. The normalized spacial score (nSPS) is 18.0. The van der Waals surface area contributed by atoms with E-state index in [1.165, 1.54) is 32.3 Å². The molecule has 8 nitrogen and oxygen atoms in total. The smallest absolute Gasteiger partial charge is 0.246 e. The third-order valence-electron chi connectivity index (χ3n) is 6.78. The van der Waals surface area contributed by atoms with E-state index in [1.807, 2.05) is 6.08 Å². The number of carbonyl (C=O) groups is 1. The van der Waals surface area contributed by atoms with Crippen LogP contribution >= 0.6 is 11.6 Å². The number of hydrogen-bond donors (Lipinski definition) is 1. The Morgan fingerprint density at radius 1 is 1.18 bits per heavy atom. The third kappa shape index (κ3) is 5.66. The fraction of sp³-hybridized carbons (Fsp3) is 0.370. The molecule has 11 heteroatoms. The van der Waals surface area contributed by atoms with E-state index in [-0.39, 0.29) is 23.5 Å². The number of ether oxygens (including phenoxy) is 2. The minimum absolute atomic E-state index is 0.0272. The van der Waals surface area contributed by atoms with Crippen molar-refractivity contribution in [1.29, 1.82) is 0 Å². The van der Waals surface area contributed by atoms with Crippen molar-refractivity contribution < 1.29 is 23.0 Å². The van der Waals surface area contributed by atoms with Crippen LogP contribution < -0.4 is 14.8 Å². The zero-order valence-corrected chi connectivity index (χ0v) is 21.7. The Morgan fingerprint density at radius 3 is 2.79 bits per heavy atom. The number of likely N-dealkylation sites (tertiary alicyclic amines) is 2. The van der Waals surface area contributed by atoms with Gasteiger partial charge in [0, 0.05) is 37.0 Å². The SMILES string of the molecule is COc1cc2ncnc(Nc3ccc(F)c(Cl)c3F)c2cc1O[C@H]1CCN(C(=O)/C=C/CN2CCCC2)C1. The van der Waals surface area contributed by atoms with Gasteiger partial charge in [-0.3, -0.25) is 9.69 Å². The quantitative estimate of drug-likeness (QED) is 0.318. The first kappa shape index (κ1) is 26.1. The van der Waals surface area contributed by atoms with Gasteiger partial charge in [0.15, 0.2) is 17.3 Å². The van der Waals surface area contributed by atoms with Crippen molar-refractivity contribution in [2.24, 2.45) is 0 Å². The topological polar surface area (TPSA) is 79.8 Å². The number of benzene rings is 2. The van der Waals surface area contributed by atoms with Crippen LogP contribution in [0.5, 0.6) is 11.5 Å². The summed E-state index contributed by atoms with van der Waals surface area (Å²) in [5, 5.41) is 2.80. The summed E-state index contributed by atoms with van der Waals surface area (Å²) >= 11 is 5.73. The maximum atomic E-state index is 14.5. The summed E-state index contributed by atoms with van der Waals surface area (Å²) in [5.41, 5.74) is 0.504. The number of amides is 1. The van der Waals surface area contributed by atoms with Gasteiger partial charge in [-0.2, -0.15) is 0 Å². The van der Waals surface area contributed by atoms with Crippen LogP contribution in [0, 0.1) is 11.6 Å². The molecule has 0 aliphatic carbocycles. The lowest BCUT2D eigenvalue weighted by Crippen LogP contribution is -2.29. The number of nitrogens with one attached hydrogen (secondary N) is 1. The van der Waals surface area contributed by atoms with Crippen molar-refractivity contribution in [3.8, 4) is 11.5 Å². The van der Waals surface area contributed by atoms with Gasteiger partial charge >= 0.3 is 0 Å². The summed E-state index contributed by atoms with van der Waals surface area (Å²) in [5.74, 6) is -0.605. The van der Waals surface area contributed by atoms with Gasteiger partial charge < -0.3 is 19.7 Å². The number of nitrogens with zero attached hydrogens (tertiary/aromatic N) is 4. The molecule has 1 aromatic heterocycles. The molecular formula is C27H28ClF2N5O3. The molecule has 5 rings (SSSR count). The molecule has 38 heavy (non-hydrogen) atoms. The van der Waals surface area contributed by atoms with E-state index in [4.69, 9.17) is 21.1 Å². The summed E-state index contributed by atoms with van der Waals surface area (Å²) in [4.78, 5) is 25.3. The van der Waals surface area contributed by atoms with E-state index in [1.54, 1.807) is 23.1 Å². The fourth-order valence-corrected chi connectivity index (χ4v) is 4.91. The molecule has 0 bridgehead atoms. The van der Waals surface area contributed by atoms with Crippen molar-refractivity contribution >= 4 is 39.9 Å². The summed E-state index contributed by atoms with van der Waals surface area (Å²) in [6, 6.07) is 5.73. The molecule has 1 N–H and O–H groups in total. The van der Waals surface area contributed by atoms with Gasteiger partial charge in [0.2, 0.25) is 5.91 Å². The Bertz CT molecular complexity index is 1370. The van der Waals surface area contributed by atoms with E-state index < -0.39 is 16.7 Å². The van der Waals surface area contributed by atoms with Gasteiger partial charge in [0.25, 0.3) is 0 Å². The molecule has 0 spiro atoms. The summed E-state index contributed by atoms with van der Waals surface area (Å²) in [7, 11) is 1.53. The average molecular weight is 544 g/mol. The zero-order valence-electron chi connectivity index (χ0n) is 20.9. The second kappa shape index (κ2) is 11.5. The molecule has 2 aliphatic rings. The molecule has 3 heterocycles. The molecule has 2 saturated heterocycles. The number of rotatable bonds is 8. The van der Waals surface area contributed by atoms with Crippen LogP contribution in [0.3, 0.4) is 0 Å². The van der Waals surface area contributed by atoms with E-state index >= 15 is 0 Å². The third-order valence-corrected chi connectivity index (χ3v) is 7.13. The largest absolute Gasteiger partial charge is 0.493 e. The van der Waals surface area contributed by atoms with E-state index in [2.05, 4.69) is 20.2 Å². The van der Waals surface area contributed by atoms with Gasteiger partial charge in [0.05, 0.1) is 24.9 Å². The average Bonchev–Trinajstić information content (AvgIpc) is 3.61. The van der Waals surface area contributed by atoms with Crippen molar-refractivity contribution in [3.05, 3.63) is 59.4 Å². The first-order valence-corrected chi connectivity index (χ1v) is 12.9. The van der Waals surface area contributed by atoms with E-state index in [0.717, 1.165) is 25.7 Å². The van der Waals surface area contributed by atoms with Crippen LogP contribution in [0.1, 0.15) is 19.3 Å². The zero-order chi connectivity index (χ0) is 26.6. The Balaban J connectivity index is 1.31. The fourth-order valence-electron chi connectivity index (χ4n) is 4.74. The van der Waals surface area contributed by atoms with Crippen LogP contribution in [-0.2, 0) is 4.79 Å². The minimum Gasteiger partial charge on any atom is -0.493 e. The molecule has 1 amide bonds. The molecule has 3 aromatic rings. The van der Waals surface area contributed by atoms with E-state index in [9.17, 15) is 13.6 Å². The van der Waals surface area contributed by atoms with E-state index in [0.29, 0.717) is 41.9 Å². The van der Waals surface area contributed by atoms with Crippen LogP contribution in [-0.4, -0.2) is 71.6 Å². The lowest BCUT2D eigenvalue weighted by atomic mass is 10.2. The first-order chi connectivity index (χ1) is 18.4. The van der Waals surface area contributed by atoms with Crippen LogP contribution in [0.25, 0.3) is 10.9 Å². The lowest BCUT2D eigenvalue weighted by molar-refractivity contribution is -0.125. The molecule has 200 valence electrons. The number of methoxy groups -OCH3 is 1. The van der Waals surface area contributed by atoms with Gasteiger partial charge in [-0.15, -0.1) is 0 Å². The predicted octanol–water partition coefficient (Wildman–Crippen LogP) is 4.95. The Morgan fingerprint density at radius 2 is 2.00 bits per heavy atom. The molecule has 2 fully saturated rings. The maximum absolute atomic E-state index is 14.5. The second-order valence-electron chi connectivity index (χ2n) is 9.31. The van der Waals surface area contributed by atoms with Gasteiger partial charge in [-0.25, -0.2) is 18.7 Å². The lowest BCUT2D eigenvalue weighted by Gasteiger charge is -2.18. The van der Waals surface area contributed by atoms with Crippen molar-refractivity contribution in [1.82, 2.24) is 19.8 Å². The minimum atomic E-state index is -0.923. The molecule has 0 radical (unpaired) electrons. The highest BCUT2D eigenvalue weighted by atomic mass is 35.5. The number of anilines is 2. The van der Waals surface area contributed by atoms with Crippen molar-refractivity contribution in [3.63, 3.8) is 0 Å². The molecule has 0 saturated carbocycles. The molecule has 2 aliphatic heterocycles. The Kier molecular flexibility index (Phi) is 7.90. The predicted molar refractivity (Wildman–Crippen MR) is 141 cm³/mol.